The zero-order valence-corrected chi connectivity index (χ0v) is 14.8. The molecule has 2 aliphatic heterocycles. The molecular formula is C18H31N3O3. The molecule has 0 aromatic heterocycles. The highest BCUT2D eigenvalue weighted by Gasteiger charge is 2.31. The molecule has 2 saturated heterocycles. The van der Waals surface area contributed by atoms with E-state index < -0.39 is 6.10 Å². The van der Waals surface area contributed by atoms with Crippen LogP contribution in [-0.4, -0.2) is 73.1 Å². The topological polar surface area (TPSA) is 61.9 Å². The third kappa shape index (κ3) is 4.70. The summed E-state index contributed by atoms with van der Waals surface area (Å²) in [6, 6.07) is 0.294. The molecule has 24 heavy (non-hydrogen) atoms. The summed E-state index contributed by atoms with van der Waals surface area (Å²) < 4.78 is 5.61. The summed E-state index contributed by atoms with van der Waals surface area (Å²) >= 11 is 0. The molecule has 3 aliphatic rings. The van der Waals surface area contributed by atoms with Gasteiger partial charge in [-0.3, -0.25) is 14.5 Å². The minimum absolute atomic E-state index is 0.0498. The second-order valence-corrected chi connectivity index (χ2v) is 7.65. The Balaban J connectivity index is 1.45. The molecule has 2 heterocycles. The summed E-state index contributed by atoms with van der Waals surface area (Å²) in [5.41, 5.74) is 0. The number of carbonyl (C=O) groups excluding carboxylic acids is 2. The third-order valence-electron chi connectivity index (χ3n) is 5.65. The lowest BCUT2D eigenvalue weighted by Crippen LogP contribution is -2.54. The Hall–Kier alpha value is -1.14. The molecule has 3 fully saturated rings. The van der Waals surface area contributed by atoms with Crippen molar-refractivity contribution in [3.05, 3.63) is 0 Å². The van der Waals surface area contributed by atoms with Crippen molar-refractivity contribution in [3.8, 4) is 0 Å². The van der Waals surface area contributed by atoms with Crippen LogP contribution in [-0.2, 0) is 14.3 Å². The van der Waals surface area contributed by atoms with Gasteiger partial charge in [0.15, 0.2) is 6.10 Å². The molecule has 0 aromatic rings. The molecule has 1 aliphatic carbocycles. The fourth-order valence-corrected chi connectivity index (χ4v) is 3.91. The SMILES string of the molecule is CC1CCN(CC(=O)N2CCOC(C(=O)NC3CCCC3)C2)CC1. The molecule has 1 unspecified atom stereocenters. The van der Waals surface area contributed by atoms with E-state index >= 15 is 0 Å². The molecule has 6 nitrogen and oxygen atoms in total. The highest BCUT2D eigenvalue weighted by atomic mass is 16.5. The summed E-state index contributed by atoms with van der Waals surface area (Å²) in [6.07, 6.45) is 6.34. The van der Waals surface area contributed by atoms with Crippen LogP contribution in [0.15, 0.2) is 0 Å². The second kappa shape index (κ2) is 8.30. The minimum Gasteiger partial charge on any atom is -0.365 e. The quantitative estimate of drug-likeness (QED) is 0.831. The number of nitrogens with zero attached hydrogens (tertiary/aromatic N) is 2. The van der Waals surface area contributed by atoms with Crippen molar-refractivity contribution in [1.29, 1.82) is 0 Å². The van der Waals surface area contributed by atoms with Gasteiger partial charge in [-0.05, 0) is 44.7 Å². The normalized spacial score (nSPS) is 27.4. The number of carbonyl (C=O) groups is 2. The van der Waals surface area contributed by atoms with Gasteiger partial charge in [-0.1, -0.05) is 19.8 Å². The maximum absolute atomic E-state index is 12.6. The average Bonchev–Trinajstić information content (AvgIpc) is 3.10. The van der Waals surface area contributed by atoms with Crippen LogP contribution >= 0.6 is 0 Å². The van der Waals surface area contributed by atoms with E-state index in [2.05, 4.69) is 17.1 Å². The van der Waals surface area contributed by atoms with Gasteiger partial charge in [0.05, 0.1) is 19.7 Å². The van der Waals surface area contributed by atoms with Crippen LogP contribution in [0.4, 0.5) is 0 Å². The first-order valence-electron chi connectivity index (χ1n) is 9.54. The number of hydrogen-bond acceptors (Lipinski definition) is 4. The molecule has 0 bridgehead atoms. The molecule has 2 amide bonds. The van der Waals surface area contributed by atoms with E-state index in [1.54, 1.807) is 4.90 Å². The summed E-state index contributed by atoms with van der Waals surface area (Å²) in [5, 5.41) is 3.08. The van der Waals surface area contributed by atoms with Crippen LogP contribution in [0.2, 0.25) is 0 Å². The molecule has 0 radical (unpaired) electrons. The van der Waals surface area contributed by atoms with E-state index in [0.717, 1.165) is 31.8 Å². The third-order valence-corrected chi connectivity index (χ3v) is 5.65. The first-order valence-corrected chi connectivity index (χ1v) is 9.54. The number of piperidine rings is 1. The Morgan fingerprint density at radius 2 is 1.79 bits per heavy atom. The monoisotopic (exact) mass is 337 g/mol. The molecule has 1 saturated carbocycles. The summed E-state index contributed by atoms with van der Waals surface area (Å²) in [4.78, 5) is 29.0. The predicted molar refractivity (Wildman–Crippen MR) is 91.6 cm³/mol. The van der Waals surface area contributed by atoms with Crippen LogP contribution < -0.4 is 5.32 Å². The first kappa shape index (κ1) is 17.7. The van der Waals surface area contributed by atoms with Gasteiger partial charge >= 0.3 is 0 Å². The standard InChI is InChI=1S/C18H31N3O3/c1-14-6-8-20(9-7-14)13-17(22)21-10-11-24-16(12-21)18(23)19-15-4-2-3-5-15/h14-16H,2-13H2,1H3,(H,19,23). The van der Waals surface area contributed by atoms with Crippen LogP contribution in [0.3, 0.4) is 0 Å². The lowest BCUT2D eigenvalue weighted by atomic mass is 9.99. The Morgan fingerprint density at radius 3 is 2.50 bits per heavy atom. The van der Waals surface area contributed by atoms with Gasteiger partial charge in [-0.25, -0.2) is 0 Å². The molecule has 6 heteroatoms. The zero-order chi connectivity index (χ0) is 16.9. The van der Waals surface area contributed by atoms with E-state index in [9.17, 15) is 9.59 Å². The maximum Gasteiger partial charge on any atom is 0.251 e. The Bertz CT molecular complexity index is 443. The largest absolute Gasteiger partial charge is 0.365 e. The number of morpholine rings is 1. The van der Waals surface area contributed by atoms with Crippen LogP contribution in [0.25, 0.3) is 0 Å². The second-order valence-electron chi connectivity index (χ2n) is 7.65. The van der Waals surface area contributed by atoms with Crippen molar-refractivity contribution in [2.24, 2.45) is 5.92 Å². The van der Waals surface area contributed by atoms with Crippen LogP contribution in [0.1, 0.15) is 45.4 Å². The number of ether oxygens (including phenoxy) is 1. The van der Waals surface area contributed by atoms with Gasteiger partial charge in [-0.15, -0.1) is 0 Å². The van der Waals surface area contributed by atoms with Crippen molar-refractivity contribution < 1.29 is 14.3 Å². The van der Waals surface area contributed by atoms with Crippen LogP contribution in [0.5, 0.6) is 0 Å². The van der Waals surface area contributed by atoms with Gasteiger partial charge in [0.1, 0.15) is 0 Å². The maximum atomic E-state index is 12.6. The lowest BCUT2D eigenvalue weighted by molar-refractivity contribution is -0.148. The fraction of sp³-hybridized carbons (Fsp3) is 0.889. The van der Waals surface area contributed by atoms with E-state index in [1.807, 2.05) is 0 Å². The van der Waals surface area contributed by atoms with Crippen LogP contribution in [0, 0.1) is 5.92 Å². The van der Waals surface area contributed by atoms with Gasteiger partial charge < -0.3 is 15.0 Å². The number of rotatable bonds is 4. The molecular weight excluding hydrogens is 306 g/mol. The zero-order valence-electron chi connectivity index (χ0n) is 14.8. The first-order chi connectivity index (χ1) is 11.6. The van der Waals surface area contributed by atoms with Gasteiger partial charge in [0.2, 0.25) is 5.91 Å². The van der Waals surface area contributed by atoms with Gasteiger partial charge in [-0.2, -0.15) is 0 Å². The Morgan fingerprint density at radius 1 is 1.08 bits per heavy atom. The van der Waals surface area contributed by atoms with Gasteiger partial charge in [0, 0.05) is 12.6 Å². The summed E-state index contributed by atoms with van der Waals surface area (Å²) in [7, 11) is 0. The molecule has 1 atom stereocenters. The van der Waals surface area contributed by atoms with E-state index in [-0.39, 0.29) is 11.8 Å². The van der Waals surface area contributed by atoms with Crippen molar-refractivity contribution in [2.75, 3.05) is 39.3 Å². The minimum atomic E-state index is -0.510. The van der Waals surface area contributed by atoms with Crippen molar-refractivity contribution in [2.45, 2.75) is 57.6 Å². The van der Waals surface area contributed by atoms with Crippen molar-refractivity contribution >= 4 is 11.8 Å². The highest BCUT2D eigenvalue weighted by molar-refractivity contribution is 5.83. The van der Waals surface area contributed by atoms with Gasteiger partial charge in [0.25, 0.3) is 5.91 Å². The Kier molecular flexibility index (Phi) is 6.11. The smallest absolute Gasteiger partial charge is 0.251 e. The predicted octanol–water partition coefficient (Wildman–Crippen LogP) is 1.00. The van der Waals surface area contributed by atoms with E-state index in [0.29, 0.717) is 32.3 Å². The summed E-state index contributed by atoms with van der Waals surface area (Å²) in [5.74, 6) is 0.848. The molecule has 136 valence electrons. The number of likely N-dealkylation sites (tertiary alicyclic amines) is 1. The van der Waals surface area contributed by atoms with Crippen molar-refractivity contribution in [3.63, 3.8) is 0 Å². The van der Waals surface area contributed by atoms with E-state index in [4.69, 9.17) is 4.74 Å². The fourth-order valence-electron chi connectivity index (χ4n) is 3.91. The lowest BCUT2D eigenvalue weighted by Gasteiger charge is -2.35. The molecule has 0 spiro atoms. The molecule has 1 N–H and O–H groups in total. The highest BCUT2D eigenvalue weighted by Crippen LogP contribution is 2.19. The number of nitrogens with one attached hydrogen (secondary N) is 1. The number of amides is 2. The Labute approximate surface area is 144 Å². The number of hydrogen-bond donors (Lipinski definition) is 1. The summed E-state index contributed by atoms with van der Waals surface area (Å²) in [6.45, 7) is 6.19. The molecule has 3 rings (SSSR count). The average molecular weight is 337 g/mol. The molecule has 0 aromatic carbocycles. The van der Waals surface area contributed by atoms with E-state index in [1.165, 1.54) is 25.7 Å². The van der Waals surface area contributed by atoms with Crippen molar-refractivity contribution in [1.82, 2.24) is 15.1 Å².